The zero-order valence-electron chi connectivity index (χ0n) is 20.6. The lowest BCUT2D eigenvalue weighted by molar-refractivity contribution is -0.122. The van der Waals surface area contributed by atoms with Crippen molar-refractivity contribution in [2.24, 2.45) is 0 Å². The maximum Gasteiger partial charge on any atom is 0.255 e. The molecule has 6 nitrogen and oxygen atoms in total. The molecule has 1 N–H and O–H groups in total. The van der Waals surface area contributed by atoms with Crippen LogP contribution in [0.25, 0.3) is 5.57 Å². The molecular formula is C28H35N3O3. The Morgan fingerprint density at radius 1 is 1.09 bits per heavy atom. The van der Waals surface area contributed by atoms with E-state index in [0.29, 0.717) is 17.5 Å². The first kappa shape index (κ1) is 23.9. The Morgan fingerprint density at radius 2 is 1.85 bits per heavy atom. The molecule has 3 aliphatic rings. The van der Waals surface area contributed by atoms with Crippen molar-refractivity contribution in [3.63, 3.8) is 0 Å². The summed E-state index contributed by atoms with van der Waals surface area (Å²) in [5, 5.41) is 3.64. The Bertz CT molecular complexity index is 1070. The van der Waals surface area contributed by atoms with E-state index in [4.69, 9.17) is 9.47 Å². The number of piperidine rings is 1. The molecule has 0 saturated carbocycles. The fourth-order valence-corrected chi connectivity index (χ4v) is 4.67. The summed E-state index contributed by atoms with van der Waals surface area (Å²) >= 11 is 0. The molecule has 180 valence electrons. The van der Waals surface area contributed by atoms with E-state index in [1.807, 2.05) is 42.6 Å². The largest absolute Gasteiger partial charge is 0.493 e. The molecule has 0 aliphatic carbocycles. The van der Waals surface area contributed by atoms with Gasteiger partial charge < -0.3 is 19.7 Å². The van der Waals surface area contributed by atoms with Crippen LogP contribution in [-0.2, 0) is 4.79 Å². The molecule has 4 rings (SSSR count). The Kier molecular flexibility index (Phi) is 7.58. The fourth-order valence-electron chi connectivity index (χ4n) is 4.67. The monoisotopic (exact) mass is 461 g/mol. The minimum absolute atomic E-state index is 0.0650. The molecule has 1 saturated heterocycles. The number of likely N-dealkylation sites (tertiary alicyclic amines) is 1. The van der Waals surface area contributed by atoms with Crippen molar-refractivity contribution in [1.82, 2.24) is 15.1 Å². The number of fused-ring (bicyclic) bond motifs is 1. The van der Waals surface area contributed by atoms with Crippen LogP contribution in [0.15, 0.2) is 71.7 Å². The molecular weight excluding hydrogens is 426 g/mol. The first-order chi connectivity index (χ1) is 16.5. The molecule has 1 amide bonds. The van der Waals surface area contributed by atoms with E-state index >= 15 is 0 Å². The van der Waals surface area contributed by atoms with Crippen LogP contribution in [0.5, 0.6) is 11.5 Å². The lowest BCUT2D eigenvalue weighted by Gasteiger charge is -2.37. The summed E-state index contributed by atoms with van der Waals surface area (Å²) in [7, 11) is 3.23. The van der Waals surface area contributed by atoms with E-state index in [0.717, 1.165) is 67.0 Å². The molecule has 1 aromatic carbocycles. The summed E-state index contributed by atoms with van der Waals surface area (Å²) in [4.78, 5) is 17.6. The summed E-state index contributed by atoms with van der Waals surface area (Å²) in [6.07, 6.45) is 15.2. The molecule has 0 atom stereocenters. The van der Waals surface area contributed by atoms with Gasteiger partial charge in [-0.15, -0.1) is 0 Å². The molecule has 0 bridgehead atoms. The number of methoxy groups -OCH3 is 2. The number of benzene rings is 1. The molecule has 6 heteroatoms. The van der Waals surface area contributed by atoms with Crippen molar-refractivity contribution < 1.29 is 14.3 Å². The molecule has 3 heterocycles. The molecule has 0 aromatic heterocycles. The van der Waals surface area contributed by atoms with Gasteiger partial charge in [-0.3, -0.25) is 9.69 Å². The Morgan fingerprint density at radius 3 is 2.56 bits per heavy atom. The second-order valence-corrected chi connectivity index (χ2v) is 8.89. The molecule has 0 unspecified atom stereocenters. The average molecular weight is 462 g/mol. The van der Waals surface area contributed by atoms with Gasteiger partial charge in [-0.2, -0.15) is 0 Å². The van der Waals surface area contributed by atoms with E-state index in [2.05, 4.69) is 30.1 Å². The number of carbonyl (C=O) groups excluding carboxylic acids is 1. The Hall–Kier alpha value is -3.25. The predicted octanol–water partition coefficient (Wildman–Crippen LogP) is 4.63. The number of hydrogen-bond donors (Lipinski definition) is 1. The number of ether oxygens (including phenoxy) is 2. The quantitative estimate of drug-likeness (QED) is 0.641. The first-order valence-corrected chi connectivity index (χ1v) is 12.1. The highest BCUT2D eigenvalue weighted by molar-refractivity contribution is 6.00. The lowest BCUT2D eigenvalue weighted by atomic mass is 9.99. The van der Waals surface area contributed by atoms with Crippen molar-refractivity contribution in [1.29, 1.82) is 0 Å². The van der Waals surface area contributed by atoms with Gasteiger partial charge in [0.25, 0.3) is 5.91 Å². The Balaban J connectivity index is 1.57. The number of allylic oxidation sites excluding steroid dienone is 6. The van der Waals surface area contributed by atoms with E-state index < -0.39 is 0 Å². The predicted molar refractivity (Wildman–Crippen MR) is 136 cm³/mol. The van der Waals surface area contributed by atoms with Crippen molar-refractivity contribution in [3.8, 4) is 11.5 Å². The molecule has 34 heavy (non-hydrogen) atoms. The third kappa shape index (κ3) is 5.12. The van der Waals surface area contributed by atoms with Gasteiger partial charge in [0, 0.05) is 31.4 Å². The second-order valence-electron chi connectivity index (χ2n) is 8.89. The first-order valence-electron chi connectivity index (χ1n) is 12.1. The van der Waals surface area contributed by atoms with Crippen LogP contribution in [0.1, 0.15) is 38.7 Å². The zero-order valence-corrected chi connectivity index (χ0v) is 20.6. The van der Waals surface area contributed by atoms with Gasteiger partial charge in [0.15, 0.2) is 11.5 Å². The van der Waals surface area contributed by atoms with Crippen LogP contribution >= 0.6 is 0 Å². The normalized spacial score (nSPS) is 22.9. The minimum Gasteiger partial charge on any atom is -0.493 e. The number of rotatable bonds is 7. The summed E-state index contributed by atoms with van der Waals surface area (Å²) in [6.45, 7) is 7.33. The van der Waals surface area contributed by atoms with E-state index in [9.17, 15) is 4.79 Å². The van der Waals surface area contributed by atoms with Crippen LogP contribution in [-0.4, -0.2) is 55.6 Å². The maximum absolute atomic E-state index is 13.4. The topological polar surface area (TPSA) is 54.0 Å². The van der Waals surface area contributed by atoms with Gasteiger partial charge in [-0.05, 0) is 73.7 Å². The highest BCUT2D eigenvalue weighted by Gasteiger charge is 2.26. The maximum atomic E-state index is 13.4. The number of hydrogen-bond acceptors (Lipinski definition) is 5. The van der Waals surface area contributed by atoms with Crippen molar-refractivity contribution in [2.45, 2.75) is 39.2 Å². The van der Waals surface area contributed by atoms with E-state index in [-0.39, 0.29) is 5.91 Å². The van der Waals surface area contributed by atoms with Gasteiger partial charge in [0.2, 0.25) is 0 Å². The SMILES string of the molecule is CCCNC1CCN(C2=CN3C(=O)\C=C(c4ccc(OC)c(OC)c4)/C=C/C=C/3C(C)=C2)CC1. The fraction of sp³-hybridized carbons (Fsp3) is 0.393. The summed E-state index contributed by atoms with van der Waals surface area (Å²) in [5.41, 5.74) is 4.82. The summed E-state index contributed by atoms with van der Waals surface area (Å²) in [5.74, 6) is 1.23. The van der Waals surface area contributed by atoms with E-state index in [1.54, 1.807) is 25.2 Å². The highest BCUT2D eigenvalue weighted by atomic mass is 16.5. The lowest BCUT2D eigenvalue weighted by Crippen LogP contribution is -2.43. The van der Waals surface area contributed by atoms with Crippen molar-refractivity contribution in [3.05, 3.63) is 77.3 Å². The number of amides is 1. The average Bonchev–Trinajstić information content (AvgIpc) is 2.86. The van der Waals surface area contributed by atoms with Gasteiger partial charge in [0.1, 0.15) is 0 Å². The molecule has 1 aromatic rings. The second kappa shape index (κ2) is 10.8. The number of carbonyl (C=O) groups is 1. The molecule has 0 spiro atoms. The molecule has 0 radical (unpaired) electrons. The van der Waals surface area contributed by atoms with Crippen LogP contribution in [0.4, 0.5) is 0 Å². The van der Waals surface area contributed by atoms with Gasteiger partial charge in [0.05, 0.1) is 25.6 Å². The van der Waals surface area contributed by atoms with Crippen molar-refractivity contribution >= 4 is 11.5 Å². The smallest absolute Gasteiger partial charge is 0.255 e. The number of nitrogens with zero attached hydrogens (tertiary/aromatic N) is 2. The van der Waals surface area contributed by atoms with Crippen LogP contribution in [0.2, 0.25) is 0 Å². The van der Waals surface area contributed by atoms with Crippen LogP contribution < -0.4 is 14.8 Å². The third-order valence-electron chi connectivity index (χ3n) is 6.60. The van der Waals surface area contributed by atoms with Gasteiger partial charge >= 0.3 is 0 Å². The minimum atomic E-state index is -0.0650. The van der Waals surface area contributed by atoms with Crippen LogP contribution in [0.3, 0.4) is 0 Å². The number of nitrogens with one attached hydrogen (secondary N) is 1. The standard InChI is InChI=1S/C28H35N3O3/c1-5-13-29-23-11-14-30(15-12-23)24-16-20(2)25-8-6-7-21(18-28(32)31(25)19-24)22-9-10-26(33-3)27(17-22)34-4/h6-10,16-19,23,29H,5,11-15H2,1-4H3/b7-6+,21-18+,25-8+. The zero-order chi connectivity index (χ0) is 24.1. The summed E-state index contributed by atoms with van der Waals surface area (Å²) in [6, 6.07) is 6.28. The highest BCUT2D eigenvalue weighted by Crippen LogP contribution is 2.33. The molecule has 3 aliphatic heterocycles. The van der Waals surface area contributed by atoms with Gasteiger partial charge in [-0.25, -0.2) is 0 Å². The molecule has 1 fully saturated rings. The van der Waals surface area contributed by atoms with Crippen molar-refractivity contribution in [2.75, 3.05) is 33.9 Å². The van der Waals surface area contributed by atoms with Crippen LogP contribution in [0, 0.1) is 0 Å². The Labute approximate surface area is 202 Å². The summed E-state index contributed by atoms with van der Waals surface area (Å²) < 4.78 is 10.8. The van der Waals surface area contributed by atoms with E-state index in [1.165, 1.54) is 0 Å². The third-order valence-corrected chi connectivity index (χ3v) is 6.60. The van der Waals surface area contributed by atoms with Gasteiger partial charge in [-0.1, -0.05) is 25.1 Å².